The van der Waals surface area contributed by atoms with Crippen LogP contribution in [0.3, 0.4) is 0 Å². The summed E-state index contributed by atoms with van der Waals surface area (Å²) in [6.07, 6.45) is 0. The van der Waals surface area contributed by atoms with Crippen LogP contribution in [0.15, 0.2) is 24.3 Å². The molecule has 0 radical (unpaired) electrons. The first kappa shape index (κ1) is 7.17. The lowest BCUT2D eigenvalue weighted by Gasteiger charge is -1.89. The van der Waals surface area contributed by atoms with E-state index in [4.69, 9.17) is 5.11 Å². The van der Waals surface area contributed by atoms with Gasteiger partial charge in [-0.05, 0) is 23.0 Å². The first-order valence-electron chi connectivity index (χ1n) is 2.73. The standard InChI is InChI=1S/C8H5BrO/c9-5-4-7-2-1-3-8(10)6-7/h1-3,6,10H. The molecule has 0 amide bonds. The molecule has 0 atom stereocenters. The molecule has 0 aliphatic rings. The number of phenols is 1. The van der Waals surface area contributed by atoms with Crippen LogP contribution in [0.1, 0.15) is 5.56 Å². The average Bonchev–Trinajstić information content (AvgIpc) is 1.88. The van der Waals surface area contributed by atoms with Gasteiger partial charge in [0.05, 0.1) is 0 Å². The van der Waals surface area contributed by atoms with Gasteiger partial charge in [0.15, 0.2) is 0 Å². The van der Waals surface area contributed by atoms with Gasteiger partial charge in [0.1, 0.15) is 5.75 Å². The number of hydrogen-bond acceptors (Lipinski definition) is 1. The van der Waals surface area contributed by atoms with Crippen LogP contribution < -0.4 is 0 Å². The van der Waals surface area contributed by atoms with E-state index in [0.29, 0.717) is 0 Å². The van der Waals surface area contributed by atoms with Crippen molar-refractivity contribution in [2.45, 2.75) is 0 Å². The normalized spacial score (nSPS) is 8.10. The summed E-state index contributed by atoms with van der Waals surface area (Å²) in [6, 6.07) is 6.80. The number of aromatic hydroxyl groups is 1. The van der Waals surface area contributed by atoms with Crippen molar-refractivity contribution in [3.05, 3.63) is 29.8 Å². The number of hydrogen-bond donors (Lipinski definition) is 1. The summed E-state index contributed by atoms with van der Waals surface area (Å²) >= 11 is 2.97. The summed E-state index contributed by atoms with van der Waals surface area (Å²) in [6.45, 7) is 0. The highest BCUT2D eigenvalue weighted by Crippen LogP contribution is 2.09. The van der Waals surface area contributed by atoms with E-state index in [1.54, 1.807) is 18.2 Å². The van der Waals surface area contributed by atoms with Crippen molar-refractivity contribution in [1.29, 1.82) is 0 Å². The molecular weight excluding hydrogens is 192 g/mol. The van der Waals surface area contributed by atoms with Crippen LogP contribution in [0.5, 0.6) is 5.75 Å². The Labute approximate surface area is 67.8 Å². The molecule has 1 rings (SSSR count). The van der Waals surface area contributed by atoms with Crippen molar-refractivity contribution in [1.82, 2.24) is 0 Å². The maximum Gasteiger partial charge on any atom is 0.116 e. The molecule has 0 unspecified atom stereocenters. The Balaban J connectivity index is 3.03. The molecule has 1 N–H and O–H groups in total. The van der Waals surface area contributed by atoms with E-state index in [1.807, 2.05) is 6.07 Å². The maximum atomic E-state index is 8.96. The van der Waals surface area contributed by atoms with Gasteiger partial charge in [-0.2, -0.15) is 0 Å². The van der Waals surface area contributed by atoms with E-state index in [0.717, 1.165) is 5.56 Å². The number of halogens is 1. The largest absolute Gasteiger partial charge is 0.508 e. The minimum atomic E-state index is 0.243. The van der Waals surface area contributed by atoms with Gasteiger partial charge in [0.25, 0.3) is 0 Å². The predicted octanol–water partition coefficient (Wildman–Crippen LogP) is 2.10. The zero-order valence-electron chi connectivity index (χ0n) is 5.13. The van der Waals surface area contributed by atoms with Crippen LogP contribution in [-0.2, 0) is 0 Å². The van der Waals surface area contributed by atoms with Gasteiger partial charge in [-0.25, -0.2) is 0 Å². The van der Waals surface area contributed by atoms with Crippen molar-refractivity contribution < 1.29 is 5.11 Å². The molecule has 10 heavy (non-hydrogen) atoms. The van der Waals surface area contributed by atoms with Crippen molar-refractivity contribution in [3.63, 3.8) is 0 Å². The fourth-order valence-electron chi connectivity index (χ4n) is 0.638. The Morgan fingerprint density at radius 1 is 1.40 bits per heavy atom. The first-order chi connectivity index (χ1) is 4.83. The maximum absolute atomic E-state index is 8.96. The molecule has 1 nitrogen and oxygen atoms in total. The third-order valence-electron chi connectivity index (χ3n) is 1.04. The molecule has 0 aromatic heterocycles. The fourth-order valence-corrected chi connectivity index (χ4v) is 0.867. The minimum absolute atomic E-state index is 0.243. The smallest absolute Gasteiger partial charge is 0.116 e. The first-order valence-corrected chi connectivity index (χ1v) is 3.53. The Kier molecular flexibility index (Phi) is 2.35. The molecule has 1 aromatic rings. The van der Waals surface area contributed by atoms with Gasteiger partial charge in [0.2, 0.25) is 0 Å². The molecule has 1 aromatic carbocycles. The number of rotatable bonds is 0. The summed E-state index contributed by atoms with van der Waals surface area (Å²) in [4.78, 5) is 2.56. The highest BCUT2D eigenvalue weighted by Gasteiger charge is 1.86. The molecule has 0 saturated heterocycles. The summed E-state index contributed by atoms with van der Waals surface area (Å²) < 4.78 is 0. The van der Waals surface area contributed by atoms with E-state index in [1.165, 1.54) is 0 Å². The van der Waals surface area contributed by atoms with E-state index >= 15 is 0 Å². The van der Waals surface area contributed by atoms with Crippen molar-refractivity contribution in [3.8, 4) is 16.5 Å². The Morgan fingerprint density at radius 3 is 2.80 bits per heavy atom. The molecule has 50 valence electrons. The minimum Gasteiger partial charge on any atom is -0.508 e. The molecule has 0 fully saturated rings. The topological polar surface area (TPSA) is 20.2 Å². The van der Waals surface area contributed by atoms with Gasteiger partial charge >= 0.3 is 0 Å². The Morgan fingerprint density at radius 2 is 2.20 bits per heavy atom. The number of phenolic OH excluding ortho intramolecular Hbond substituents is 1. The summed E-state index contributed by atoms with van der Waals surface area (Å²) in [5.74, 6) is 3.00. The molecular formula is C8H5BrO. The second-order valence-electron chi connectivity index (χ2n) is 1.77. The summed E-state index contributed by atoms with van der Waals surface area (Å²) in [5.41, 5.74) is 0.803. The molecule has 0 aliphatic carbocycles. The van der Waals surface area contributed by atoms with Gasteiger partial charge in [-0.15, -0.1) is 0 Å². The van der Waals surface area contributed by atoms with Crippen LogP contribution in [-0.4, -0.2) is 5.11 Å². The average molecular weight is 197 g/mol. The molecule has 0 heterocycles. The molecule has 2 heteroatoms. The second-order valence-corrected chi connectivity index (χ2v) is 2.17. The highest BCUT2D eigenvalue weighted by molar-refractivity contribution is 9.12. The zero-order chi connectivity index (χ0) is 7.40. The highest BCUT2D eigenvalue weighted by atomic mass is 79.9. The van der Waals surface area contributed by atoms with E-state index in [2.05, 4.69) is 26.7 Å². The summed E-state index contributed by atoms with van der Waals surface area (Å²) in [7, 11) is 0. The van der Waals surface area contributed by atoms with E-state index in [-0.39, 0.29) is 5.75 Å². The van der Waals surface area contributed by atoms with Crippen LogP contribution in [0, 0.1) is 10.8 Å². The molecule has 0 saturated carbocycles. The van der Waals surface area contributed by atoms with Crippen LogP contribution >= 0.6 is 15.9 Å². The monoisotopic (exact) mass is 196 g/mol. The lowest BCUT2D eigenvalue weighted by Crippen LogP contribution is -1.70. The zero-order valence-corrected chi connectivity index (χ0v) is 6.72. The van der Waals surface area contributed by atoms with Crippen molar-refractivity contribution in [2.75, 3.05) is 0 Å². The second kappa shape index (κ2) is 3.28. The van der Waals surface area contributed by atoms with Gasteiger partial charge in [-0.3, -0.25) is 0 Å². The quantitative estimate of drug-likeness (QED) is 0.631. The van der Waals surface area contributed by atoms with E-state index in [9.17, 15) is 0 Å². The molecule has 0 bridgehead atoms. The Hall–Kier alpha value is -0.940. The number of benzene rings is 1. The van der Waals surface area contributed by atoms with Gasteiger partial charge in [0, 0.05) is 21.5 Å². The van der Waals surface area contributed by atoms with Crippen LogP contribution in [0.25, 0.3) is 0 Å². The summed E-state index contributed by atoms with van der Waals surface area (Å²) in [5, 5.41) is 8.96. The van der Waals surface area contributed by atoms with Crippen molar-refractivity contribution >= 4 is 15.9 Å². The molecule has 0 aliphatic heterocycles. The Bertz CT molecular complexity index is 283. The fraction of sp³-hybridized carbons (Fsp3) is 0. The third kappa shape index (κ3) is 1.78. The third-order valence-corrected chi connectivity index (χ3v) is 1.24. The van der Waals surface area contributed by atoms with Crippen LogP contribution in [0.2, 0.25) is 0 Å². The van der Waals surface area contributed by atoms with Gasteiger partial charge < -0.3 is 5.11 Å². The van der Waals surface area contributed by atoms with Gasteiger partial charge in [-0.1, -0.05) is 12.0 Å². The lowest BCUT2D eigenvalue weighted by atomic mass is 10.2. The lowest BCUT2D eigenvalue weighted by molar-refractivity contribution is 0.475. The van der Waals surface area contributed by atoms with E-state index < -0.39 is 0 Å². The molecule has 0 spiro atoms. The van der Waals surface area contributed by atoms with Crippen LogP contribution in [0.4, 0.5) is 0 Å². The SMILES string of the molecule is Oc1cccc(C#CBr)c1. The van der Waals surface area contributed by atoms with Crippen molar-refractivity contribution in [2.24, 2.45) is 0 Å². The predicted molar refractivity (Wildman–Crippen MR) is 43.9 cm³/mol.